The molecule has 0 bridgehead atoms. The summed E-state index contributed by atoms with van der Waals surface area (Å²) in [6.45, 7) is 4.50. The van der Waals surface area contributed by atoms with Crippen molar-refractivity contribution in [2.24, 2.45) is 0 Å². The summed E-state index contributed by atoms with van der Waals surface area (Å²) < 4.78 is 255. The number of benzene rings is 3. The molecule has 0 unspecified atom stereocenters. The third-order valence-corrected chi connectivity index (χ3v) is 7.31. The maximum absolute atomic E-state index is 14.4. The van der Waals surface area contributed by atoms with E-state index in [2.05, 4.69) is 6.65 Å². The topological polar surface area (TPSA) is 59.3 Å². The fourth-order valence-corrected chi connectivity index (χ4v) is 5.46. The van der Waals surface area contributed by atoms with Crippen LogP contribution in [0.3, 0.4) is 0 Å². The van der Waals surface area contributed by atoms with Gasteiger partial charge in [0.15, 0.2) is 69.8 Å². The zero-order chi connectivity index (χ0) is 38.0. The third kappa shape index (κ3) is 11.2. The van der Waals surface area contributed by atoms with Crippen molar-refractivity contribution in [1.29, 1.82) is 0 Å². The Morgan fingerprint density at radius 2 is 0.490 bits per heavy atom. The number of nitrogens with zero attached hydrogens (tertiary/aromatic N) is 1. The van der Waals surface area contributed by atoms with E-state index in [-0.39, 0.29) is 20.4 Å². The second-order valence-electron chi connectivity index (χ2n) is 7.55. The number of nitroso groups, excluding NO2 is 1. The summed E-state index contributed by atoms with van der Waals surface area (Å²) in [6.07, 6.45) is 10.0. The average Bonchev–Trinajstić information content (AvgIpc) is 3.64. The summed E-state index contributed by atoms with van der Waals surface area (Å²) in [4.78, 5) is 7.25. The van der Waals surface area contributed by atoms with Crippen LogP contribution >= 0.6 is 7.92 Å². The van der Waals surface area contributed by atoms with Gasteiger partial charge in [0.1, 0.15) is 5.59 Å². The van der Waals surface area contributed by atoms with Crippen LogP contribution in [0.1, 0.15) is 0 Å². The molecule has 1 aliphatic rings. The first-order valence-electron chi connectivity index (χ1n) is 10.9. The first-order valence-corrected chi connectivity index (χ1v) is 12.3. The normalized spacial score (nSPS) is 11.9. The third-order valence-electron chi connectivity index (χ3n) is 4.79. The van der Waals surface area contributed by atoms with E-state index >= 15 is 0 Å². The van der Waals surface area contributed by atoms with E-state index in [0.717, 1.165) is 0 Å². The molecular weight excluding hydrogens is 923 g/mol. The molecule has 3 aromatic rings. The van der Waals surface area contributed by atoms with Gasteiger partial charge >= 0.3 is 18.6 Å². The smallest absolute Gasteiger partial charge is 0.120 e. The summed E-state index contributed by atoms with van der Waals surface area (Å²) >= 11 is 0. The first kappa shape index (κ1) is 47.9. The van der Waals surface area contributed by atoms with E-state index in [9.17, 15) is 83.1 Å². The van der Waals surface area contributed by atoms with Gasteiger partial charge in [-0.2, -0.15) is 0 Å². The van der Waals surface area contributed by atoms with Gasteiger partial charge < -0.3 is 17.3 Å². The van der Waals surface area contributed by atoms with Crippen LogP contribution in [0.15, 0.2) is 0 Å². The van der Waals surface area contributed by atoms with Crippen LogP contribution < -0.4 is 21.5 Å². The van der Waals surface area contributed by atoms with Crippen molar-refractivity contribution in [3.05, 3.63) is 131 Å². The molecule has 1 aliphatic carbocycles. The Bertz CT molecular complexity index is 1370. The second-order valence-corrected chi connectivity index (χ2v) is 9.56. The zero-order valence-electron chi connectivity index (χ0n) is 22.2. The van der Waals surface area contributed by atoms with E-state index in [4.69, 9.17) is 15.2 Å². The summed E-state index contributed by atoms with van der Waals surface area (Å²) in [5.74, 6) is -44.9. The molecule has 0 N–H and O–H groups in total. The van der Waals surface area contributed by atoms with Crippen molar-refractivity contribution in [2.45, 2.75) is 0 Å². The van der Waals surface area contributed by atoms with Gasteiger partial charge in [-0.1, -0.05) is 0 Å². The Morgan fingerprint density at radius 1 is 0.388 bits per heavy atom. The summed E-state index contributed by atoms with van der Waals surface area (Å²) in [6, 6.07) is 0. The first-order chi connectivity index (χ1) is 22.2. The maximum Gasteiger partial charge on any atom is 0.120 e. The minimum Gasteiger partial charge on any atom is -0.120 e. The number of halogens is 19. The van der Waals surface area contributed by atoms with E-state index in [1.54, 1.807) is 0 Å². The van der Waals surface area contributed by atoms with Crippen LogP contribution in [0.4, 0.5) is 83.1 Å². The van der Waals surface area contributed by atoms with Crippen molar-refractivity contribution in [1.82, 2.24) is 5.59 Å². The Hall–Kier alpha value is -3.17. The predicted molar refractivity (Wildman–Crippen MR) is 126 cm³/mol. The molecule has 0 aromatic heterocycles. The molecule has 4 rings (SSSR count). The van der Waals surface area contributed by atoms with Crippen molar-refractivity contribution >= 4 is 31.1 Å². The van der Waals surface area contributed by atoms with Gasteiger partial charge in [-0.05, 0) is 32.1 Å². The van der Waals surface area contributed by atoms with Gasteiger partial charge in [0.25, 0.3) is 0 Å². The number of hydrogen-bond acceptors (Lipinski definition) is 1. The van der Waals surface area contributed by atoms with E-state index in [1.165, 1.54) is 0 Å². The molecular formula is C24H5BF19NO2PRe-. The largest absolute Gasteiger partial charge is 0.120 e. The molecule has 7 radical (unpaired) electrons. The fraction of sp³-hybridized carbons (Fsp3) is 0. The molecule has 0 atom stereocenters. The Kier molecular flexibility index (Phi) is 20.0. The van der Waals surface area contributed by atoms with E-state index < -0.39 is 118 Å². The summed E-state index contributed by atoms with van der Waals surface area (Å²) in [7, 11) is -10.9. The Morgan fingerprint density at radius 3 is 0.612 bits per heavy atom. The maximum atomic E-state index is 14.4. The van der Waals surface area contributed by atoms with Crippen LogP contribution in [-0.2, 0) is 25.1 Å². The Labute approximate surface area is 275 Å². The van der Waals surface area contributed by atoms with Gasteiger partial charge in [0.2, 0.25) is 17.5 Å². The second kappa shape index (κ2) is 20.5. The molecule has 0 heterocycles. The molecule has 49 heavy (non-hydrogen) atoms. The molecule has 0 spiro atoms. The van der Waals surface area contributed by atoms with Gasteiger partial charge in [-0.3, -0.25) is 0 Å². The molecule has 1 fully saturated rings. The molecule has 0 amide bonds. The zero-order valence-corrected chi connectivity index (χ0v) is 25.8. The van der Waals surface area contributed by atoms with E-state index in [1.807, 2.05) is 32.1 Å². The summed E-state index contributed by atoms with van der Waals surface area (Å²) in [5, 5.41) is -7.84. The quantitative estimate of drug-likeness (QED) is 0.0516. The summed E-state index contributed by atoms with van der Waals surface area (Å²) in [5.41, 5.74) is 5.75. The van der Waals surface area contributed by atoms with Crippen LogP contribution in [0.2, 0.25) is 0 Å². The standard InChI is InChI=1S/C18F15P.C5H5.CO.BF4.NO.Re/c19-1-4(22)10(28)16(11(29)5(1)23)34(17-12(30)6(24)2(20)7(25)13(17)31)18-14(32)8(26)3(21)9(27)15(18)33;1-2-4-5-3-1;1-2;2-1(3,4)5;1-2;/h;1-5H;;;;/q;;;-1;;. The molecule has 25 heteroatoms. The Balaban J connectivity index is 0. The molecule has 267 valence electrons. The molecule has 1 saturated carbocycles. The molecule has 0 saturated heterocycles. The molecule has 3 aromatic carbocycles. The van der Waals surface area contributed by atoms with Crippen molar-refractivity contribution < 1.29 is 108 Å². The van der Waals surface area contributed by atoms with Gasteiger partial charge in [0.05, 0.1) is 15.9 Å². The van der Waals surface area contributed by atoms with Crippen molar-refractivity contribution in [3.8, 4) is 0 Å². The van der Waals surface area contributed by atoms with Gasteiger partial charge in [-0.25, -0.2) is 65.9 Å². The fourth-order valence-electron chi connectivity index (χ4n) is 3.03. The minimum absolute atomic E-state index is 0. The minimum atomic E-state index is -6.00. The van der Waals surface area contributed by atoms with Crippen LogP contribution in [0, 0.1) is 131 Å². The number of hydrogen-bond donors (Lipinski definition) is 0. The van der Waals surface area contributed by atoms with Gasteiger partial charge in [0, 0.05) is 28.3 Å². The molecule has 0 aliphatic heterocycles. The van der Waals surface area contributed by atoms with Crippen molar-refractivity contribution in [3.63, 3.8) is 0 Å². The average molecular weight is 928 g/mol. The van der Waals surface area contributed by atoms with Crippen molar-refractivity contribution in [2.75, 3.05) is 0 Å². The molecule has 3 nitrogen and oxygen atoms in total. The van der Waals surface area contributed by atoms with Crippen LogP contribution in [0.25, 0.3) is 0 Å². The van der Waals surface area contributed by atoms with E-state index in [0.29, 0.717) is 0 Å². The monoisotopic (exact) mass is 929 g/mol. The number of rotatable bonds is 3. The predicted octanol–water partition coefficient (Wildman–Crippen LogP) is 7.37. The van der Waals surface area contributed by atoms with Crippen LogP contribution in [0.5, 0.6) is 0 Å². The van der Waals surface area contributed by atoms with Crippen LogP contribution in [-0.4, -0.2) is 7.25 Å². The van der Waals surface area contributed by atoms with Gasteiger partial charge in [-0.15, -0.1) is 4.91 Å². The SMILES string of the molecule is F[B-](F)(F)F.Fc1c(F)c(F)c(P(c2c(F)c(F)c(F)c(F)c2F)c2c(F)c(F)c(F)c(F)c2F)c(F)c1F.[C-]#[O+].[CH]1[CH][CH][CH][CH]1.[N]=O.[Re].